The number of nitriles is 1. The van der Waals surface area contributed by atoms with Crippen LogP contribution in [0.15, 0.2) is 109 Å². The molecule has 1 N–H and O–H groups in total. The van der Waals surface area contributed by atoms with Gasteiger partial charge in [0.1, 0.15) is 5.60 Å². The van der Waals surface area contributed by atoms with E-state index in [0.717, 1.165) is 16.7 Å². The third kappa shape index (κ3) is 4.93. The van der Waals surface area contributed by atoms with Gasteiger partial charge in [-0.05, 0) is 43.9 Å². The van der Waals surface area contributed by atoms with Gasteiger partial charge in [-0.25, -0.2) is 0 Å². The summed E-state index contributed by atoms with van der Waals surface area (Å²) in [7, 11) is 0. The molecule has 0 amide bonds. The quantitative estimate of drug-likeness (QED) is 0.195. The van der Waals surface area contributed by atoms with Gasteiger partial charge in [-0.2, -0.15) is 5.26 Å². The first-order valence-electron chi connectivity index (χ1n) is 14.3. The number of hydrogen-bond donors (Lipinski definition) is 1. The van der Waals surface area contributed by atoms with E-state index in [1.807, 2.05) is 98.8 Å². The lowest BCUT2D eigenvalue weighted by Crippen LogP contribution is -2.59. The highest BCUT2D eigenvalue weighted by Gasteiger charge is 2.67. The number of esters is 1. The highest BCUT2D eigenvalue weighted by Crippen LogP contribution is 2.63. The fraction of sp³-hybridized carbons (Fsp3) is 0.270. The molecule has 0 aromatic heterocycles. The van der Waals surface area contributed by atoms with E-state index in [-0.39, 0.29) is 18.8 Å². The zero-order chi connectivity index (χ0) is 29.9. The Morgan fingerprint density at radius 3 is 1.88 bits per heavy atom. The summed E-state index contributed by atoms with van der Waals surface area (Å²) < 4.78 is 5.68. The van der Waals surface area contributed by atoms with Crippen LogP contribution in [0.4, 0.5) is 0 Å². The van der Waals surface area contributed by atoms with Crippen LogP contribution in [0.5, 0.6) is 0 Å². The van der Waals surface area contributed by atoms with Gasteiger partial charge in [0.05, 0.1) is 18.6 Å². The molecule has 5 rings (SSSR count). The second-order valence-corrected chi connectivity index (χ2v) is 11.3. The molecular formula is C37H35NO4. The summed E-state index contributed by atoms with van der Waals surface area (Å²) in [6.07, 6.45) is -0.0297. The standard InChI is InChI=1S/C37H35NO4/c1-4-42-35(40)36(24-38)31(27-19-15-25(2)16-20-27)23-37(41,30-13-9-6-10-14-30)33(34(39)29-11-7-5-8-12-29)32(36)28-21-17-26(3)18-22-28/h5-22,31-33,41H,4,23H2,1-3H3. The van der Waals surface area contributed by atoms with Crippen LogP contribution < -0.4 is 0 Å². The molecule has 5 unspecified atom stereocenters. The summed E-state index contributed by atoms with van der Waals surface area (Å²) in [6.45, 7) is 5.71. The van der Waals surface area contributed by atoms with Crippen LogP contribution in [-0.2, 0) is 15.1 Å². The molecule has 5 heteroatoms. The second kappa shape index (κ2) is 11.8. The maximum absolute atomic E-state index is 14.7. The van der Waals surface area contributed by atoms with Gasteiger partial charge >= 0.3 is 5.97 Å². The van der Waals surface area contributed by atoms with Crippen LogP contribution in [0.1, 0.15) is 63.4 Å². The maximum Gasteiger partial charge on any atom is 0.327 e. The van der Waals surface area contributed by atoms with Gasteiger partial charge in [0, 0.05) is 17.4 Å². The Labute approximate surface area is 247 Å². The number of carbonyl (C=O) groups excluding carboxylic acids is 2. The number of benzene rings is 4. The highest BCUT2D eigenvalue weighted by molar-refractivity contribution is 6.00. The lowest BCUT2D eigenvalue weighted by atomic mass is 9.47. The van der Waals surface area contributed by atoms with Crippen molar-refractivity contribution in [3.63, 3.8) is 0 Å². The minimum Gasteiger partial charge on any atom is -0.465 e. The Bertz CT molecular complexity index is 1590. The van der Waals surface area contributed by atoms with Crippen LogP contribution >= 0.6 is 0 Å². The molecule has 5 atom stereocenters. The van der Waals surface area contributed by atoms with Crippen molar-refractivity contribution >= 4 is 11.8 Å². The molecule has 1 saturated carbocycles. The summed E-state index contributed by atoms with van der Waals surface area (Å²) in [5, 5.41) is 24.1. The number of Topliss-reactive ketones (excluding diaryl/α,β-unsaturated/α-hetero) is 1. The molecule has 1 aliphatic carbocycles. The molecule has 0 aliphatic heterocycles. The van der Waals surface area contributed by atoms with Crippen molar-refractivity contribution in [1.82, 2.24) is 0 Å². The minimum atomic E-state index is -1.81. The molecule has 4 aromatic carbocycles. The summed E-state index contributed by atoms with van der Waals surface area (Å²) in [5.74, 6) is -4.00. The van der Waals surface area contributed by atoms with Crippen LogP contribution in [0, 0.1) is 36.5 Å². The van der Waals surface area contributed by atoms with Gasteiger partial charge in [0.25, 0.3) is 0 Å². The molecule has 4 aromatic rings. The minimum absolute atomic E-state index is 0.0297. The fourth-order valence-electron chi connectivity index (χ4n) is 6.65. The number of rotatable bonds is 7. The van der Waals surface area contributed by atoms with E-state index < -0.39 is 34.7 Å². The lowest BCUT2D eigenvalue weighted by molar-refractivity contribution is -0.164. The van der Waals surface area contributed by atoms with Crippen molar-refractivity contribution in [2.45, 2.75) is 44.6 Å². The van der Waals surface area contributed by atoms with Gasteiger partial charge in [0.15, 0.2) is 11.2 Å². The molecule has 212 valence electrons. The number of nitrogens with zero attached hydrogens (tertiary/aromatic N) is 1. The van der Waals surface area contributed by atoms with Crippen molar-refractivity contribution in [2.75, 3.05) is 6.61 Å². The highest BCUT2D eigenvalue weighted by atomic mass is 16.5. The molecule has 1 aliphatic rings. The van der Waals surface area contributed by atoms with E-state index in [1.165, 1.54) is 0 Å². The third-order valence-corrected chi connectivity index (χ3v) is 8.73. The van der Waals surface area contributed by atoms with Crippen LogP contribution in [0.2, 0.25) is 0 Å². The zero-order valence-corrected chi connectivity index (χ0v) is 24.2. The Kier molecular flexibility index (Phi) is 8.11. The van der Waals surface area contributed by atoms with Crippen molar-refractivity contribution in [3.05, 3.63) is 143 Å². The smallest absolute Gasteiger partial charge is 0.327 e. The fourth-order valence-corrected chi connectivity index (χ4v) is 6.65. The number of ketones is 1. The van der Waals surface area contributed by atoms with Crippen LogP contribution in [0.3, 0.4) is 0 Å². The molecule has 1 fully saturated rings. The summed E-state index contributed by atoms with van der Waals surface area (Å²) in [6, 6.07) is 35.6. The van der Waals surface area contributed by atoms with E-state index >= 15 is 0 Å². The van der Waals surface area contributed by atoms with Crippen LogP contribution in [0.25, 0.3) is 0 Å². The molecule has 0 saturated heterocycles. The van der Waals surface area contributed by atoms with Crippen molar-refractivity contribution in [1.29, 1.82) is 5.26 Å². The van der Waals surface area contributed by atoms with E-state index in [1.54, 1.807) is 31.2 Å². The van der Waals surface area contributed by atoms with Gasteiger partial charge in [-0.15, -0.1) is 0 Å². The first-order chi connectivity index (χ1) is 20.3. The number of aliphatic hydroxyl groups is 1. The summed E-state index contributed by atoms with van der Waals surface area (Å²) in [4.78, 5) is 29.0. The zero-order valence-electron chi connectivity index (χ0n) is 24.2. The van der Waals surface area contributed by atoms with E-state index in [2.05, 4.69) is 6.07 Å². The predicted octanol–water partition coefficient (Wildman–Crippen LogP) is 7.03. The topological polar surface area (TPSA) is 87.4 Å². The summed E-state index contributed by atoms with van der Waals surface area (Å²) >= 11 is 0. The SMILES string of the molecule is CCOC(=O)C1(C#N)C(c2ccc(C)cc2)CC(O)(c2ccccc2)C(C(=O)c2ccccc2)C1c1ccc(C)cc1. The molecular weight excluding hydrogens is 522 g/mol. The second-order valence-electron chi connectivity index (χ2n) is 11.3. The lowest BCUT2D eigenvalue weighted by Gasteiger charge is -2.54. The van der Waals surface area contributed by atoms with Gasteiger partial charge in [-0.3, -0.25) is 9.59 Å². The molecule has 5 nitrogen and oxygen atoms in total. The average Bonchev–Trinajstić information content (AvgIpc) is 3.02. The van der Waals surface area contributed by atoms with Crippen molar-refractivity contribution in [3.8, 4) is 6.07 Å². The first kappa shape index (κ1) is 29.0. The Morgan fingerprint density at radius 1 is 0.833 bits per heavy atom. The number of ether oxygens (including phenoxy) is 1. The molecule has 0 spiro atoms. The first-order valence-corrected chi connectivity index (χ1v) is 14.3. The van der Waals surface area contributed by atoms with Crippen LogP contribution in [-0.4, -0.2) is 23.5 Å². The molecule has 0 heterocycles. The van der Waals surface area contributed by atoms with Gasteiger partial charge in [-0.1, -0.05) is 120 Å². The largest absolute Gasteiger partial charge is 0.465 e. The van der Waals surface area contributed by atoms with E-state index in [0.29, 0.717) is 16.7 Å². The Hall–Kier alpha value is -4.53. The molecule has 0 radical (unpaired) electrons. The molecule has 0 bridgehead atoms. The van der Waals surface area contributed by atoms with Gasteiger partial charge in [0.2, 0.25) is 0 Å². The number of aryl methyl sites for hydroxylation is 2. The Balaban J connectivity index is 1.89. The number of carbonyl (C=O) groups is 2. The number of hydrogen-bond acceptors (Lipinski definition) is 5. The molecule has 42 heavy (non-hydrogen) atoms. The van der Waals surface area contributed by atoms with Crippen molar-refractivity contribution in [2.24, 2.45) is 11.3 Å². The predicted molar refractivity (Wildman–Crippen MR) is 162 cm³/mol. The van der Waals surface area contributed by atoms with Crippen molar-refractivity contribution < 1.29 is 19.4 Å². The summed E-state index contributed by atoms with van der Waals surface area (Å²) in [5.41, 5.74) is 0.805. The van der Waals surface area contributed by atoms with E-state index in [9.17, 15) is 20.0 Å². The normalized spacial score (nSPS) is 25.3. The average molecular weight is 558 g/mol. The van der Waals surface area contributed by atoms with Gasteiger partial charge < -0.3 is 9.84 Å². The van der Waals surface area contributed by atoms with E-state index in [4.69, 9.17) is 4.74 Å². The Morgan fingerprint density at radius 2 is 1.36 bits per heavy atom. The monoisotopic (exact) mass is 557 g/mol. The third-order valence-electron chi connectivity index (χ3n) is 8.73. The maximum atomic E-state index is 14.7.